The van der Waals surface area contributed by atoms with Gasteiger partial charge in [-0.3, -0.25) is 9.89 Å². The molecule has 1 amide bonds. The molecule has 6 heteroatoms. The van der Waals surface area contributed by atoms with Crippen molar-refractivity contribution < 1.29 is 9.53 Å². The molecule has 0 unspecified atom stereocenters. The number of amides is 1. The number of ether oxygens (including phenoxy) is 1. The lowest BCUT2D eigenvalue weighted by molar-refractivity contribution is -0.135. The fourth-order valence-electron chi connectivity index (χ4n) is 3.63. The average Bonchev–Trinajstić information content (AvgIpc) is 3.27. The number of carbonyl (C=O) groups is 1. The third-order valence-electron chi connectivity index (χ3n) is 4.87. The lowest BCUT2D eigenvalue weighted by Crippen LogP contribution is -2.40. The summed E-state index contributed by atoms with van der Waals surface area (Å²) in [7, 11) is 0. The van der Waals surface area contributed by atoms with Crippen LogP contribution in [0.4, 0.5) is 0 Å². The van der Waals surface area contributed by atoms with Crippen molar-refractivity contribution >= 4 is 17.2 Å². The molecule has 1 N–H and O–H groups in total. The zero-order valence-electron chi connectivity index (χ0n) is 13.0. The molecule has 1 fully saturated rings. The molecule has 0 aromatic carbocycles. The Hall–Kier alpha value is -1.66. The first-order valence-electron chi connectivity index (χ1n) is 8.26. The minimum absolute atomic E-state index is 0.0648. The molecule has 0 radical (unpaired) electrons. The topological polar surface area (TPSA) is 58.2 Å². The van der Waals surface area contributed by atoms with Crippen molar-refractivity contribution in [2.45, 2.75) is 37.7 Å². The summed E-state index contributed by atoms with van der Waals surface area (Å²) in [6, 6.07) is 4.13. The van der Waals surface area contributed by atoms with Gasteiger partial charge >= 0.3 is 0 Å². The van der Waals surface area contributed by atoms with Crippen molar-refractivity contribution in [2.24, 2.45) is 0 Å². The lowest BCUT2D eigenvalue weighted by atomic mass is 9.94. The summed E-state index contributed by atoms with van der Waals surface area (Å²) in [6.45, 7) is 2.36. The van der Waals surface area contributed by atoms with Crippen LogP contribution in [0.2, 0.25) is 0 Å². The number of rotatable bonds is 3. The van der Waals surface area contributed by atoms with Gasteiger partial charge in [-0.2, -0.15) is 5.10 Å². The van der Waals surface area contributed by atoms with Crippen LogP contribution in [0.15, 0.2) is 23.7 Å². The quantitative estimate of drug-likeness (QED) is 0.941. The highest BCUT2D eigenvalue weighted by atomic mass is 32.1. The van der Waals surface area contributed by atoms with Gasteiger partial charge in [0.2, 0.25) is 5.91 Å². The van der Waals surface area contributed by atoms with Crippen LogP contribution in [0, 0.1) is 0 Å². The van der Waals surface area contributed by atoms with Gasteiger partial charge in [0, 0.05) is 42.2 Å². The molecule has 0 spiro atoms. The summed E-state index contributed by atoms with van der Waals surface area (Å²) in [5.41, 5.74) is 2.35. The van der Waals surface area contributed by atoms with Gasteiger partial charge < -0.3 is 9.64 Å². The second kappa shape index (κ2) is 6.45. The van der Waals surface area contributed by atoms with Gasteiger partial charge in [0.25, 0.3) is 0 Å². The highest BCUT2D eigenvalue weighted by Crippen LogP contribution is 2.34. The summed E-state index contributed by atoms with van der Waals surface area (Å²) in [6.07, 6.45) is 5.31. The van der Waals surface area contributed by atoms with Crippen LogP contribution < -0.4 is 0 Å². The number of likely N-dealkylation sites (tertiary alicyclic amines) is 1. The maximum absolute atomic E-state index is 12.7. The third kappa shape index (κ3) is 3.05. The number of nitrogens with one attached hydrogen (secondary N) is 1. The first-order valence-corrected chi connectivity index (χ1v) is 9.14. The minimum atomic E-state index is -0.0648. The highest BCUT2D eigenvalue weighted by molar-refractivity contribution is 7.10. The summed E-state index contributed by atoms with van der Waals surface area (Å²) >= 11 is 1.77. The Morgan fingerprint density at radius 2 is 2.43 bits per heavy atom. The summed E-state index contributed by atoms with van der Waals surface area (Å²) in [4.78, 5) is 16.1. The number of hydrogen-bond donors (Lipinski definition) is 1. The van der Waals surface area contributed by atoms with Crippen molar-refractivity contribution in [2.75, 3.05) is 19.7 Å². The molecule has 4 rings (SSSR count). The van der Waals surface area contributed by atoms with Crippen molar-refractivity contribution in [1.82, 2.24) is 15.1 Å². The standard InChI is InChI=1S/C17H21N3O2S/c21-17(10-15-13-5-9-23-16(13)4-8-22-15)20-7-1-2-12(11-20)14-3-6-18-19-14/h3,5-6,9,12,15H,1-2,4,7-8,10-11H2,(H,18,19)/t12-,15-/m0/s1. The van der Waals surface area contributed by atoms with Gasteiger partial charge in [-0.15, -0.1) is 11.3 Å². The van der Waals surface area contributed by atoms with Gasteiger partial charge in [0.05, 0.1) is 19.1 Å². The van der Waals surface area contributed by atoms with Crippen LogP contribution in [0.3, 0.4) is 0 Å². The molecule has 0 saturated carbocycles. The molecule has 2 aliphatic heterocycles. The first kappa shape index (κ1) is 14.9. The number of piperidine rings is 1. The molecule has 23 heavy (non-hydrogen) atoms. The maximum Gasteiger partial charge on any atom is 0.225 e. The lowest BCUT2D eigenvalue weighted by Gasteiger charge is -2.33. The number of nitrogens with zero attached hydrogens (tertiary/aromatic N) is 2. The van der Waals surface area contributed by atoms with Crippen molar-refractivity contribution in [3.05, 3.63) is 39.8 Å². The molecule has 122 valence electrons. The number of H-pyrrole nitrogens is 1. The molecule has 1 saturated heterocycles. The van der Waals surface area contributed by atoms with Gasteiger partial charge in [0.15, 0.2) is 0 Å². The van der Waals surface area contributed by atoms with E-state index in [-0.39, 0.29) is 12.0 Å². The van der Waals surface area contributed by atoms with Crippen LogP contribution in [-0.2, 0) is 16.0 Å². The van der Waals surface area contributed by atoms with E-state index < -0.39 is 0 Å². The number of aromatic nitrogens is 2. The minimum Gasteiger partial charge on any atom is -0.373 e. The second-order valence-electron chi connectivity index (χ2n) is 6.30. The molecule has 2 atom stereocenters. The van der Waals surface area contributed by atoms with Gasteiger partial charge in [-0.05, 0) is 35.9 Å². The van der Waals surface area contributed by atoms with Crippen LogP contribution >= 0.6 is 11.3 Å². The van der Waals surface area contributed by atoms with Crippen LogP contribution in [-0.4, -0.2) is 40.7 Å². The average molecular weight is 331 g/mol. The van der Waals surface area contributed by atoms with Gasteiger partial charge in [-0.1, -0.05) is 0 Å². The summed E-state index contributed by atoms with van der Waals surface area (Å²) < 4.78 is 5.87. The van der Waals surface area contributed by atoms with Crippen molar-refractivity contribution in [3.63, 3.8) is 0 Å². The molecule has 4 heterocycles. The Morgan fingerprint density at radius 1 is 1.48 bits per heavy atom. The first-order chi connectivity index (χ1) is 11.3. The van der Waals surface area contributed by atoms with E-state index in [4.69, 9.17) is 4.74 Å². The zero-order valence-corrected chi connectivity index (χ0v) is 13.8. The van der Waals surface area contributed by atoms with Crippen LogP contribution in [0.1, 0.15) is 47.4 Å². The Kier molecular flexibility index (Phi) is 4.18. The number of hydrogen-bond acceptors (Lipinski definition) is 4. The molecule has 2 aliphatic rings. The molecule has 0 bridgehead atoms. The predicted octanol–water partition coefficient (Wildman–Crippen LogP) is 2.88. The Labute approximate surface area is 139 Å². The SMILES string of the molecule is O=C(C[C@@H]1OCCc2sccc21)N1CCC[C@H](c2ccn[nH]2)C1. The monoisotopic (exact) mass is 331 g/mol. The van der Waals surface area contributed by atoms with E-state index in [1.54, 1.807) is 17.5 Å². The van der Waals surface area contributed by atoms with Crippen molar-refractivity contribution in [1.29, 1.82) is 0 Å². The van der Waals surface area contributed by atoms with E-state index in [1.165, 1.54) is 10.4 Å². The number of thiophene rings is 1. The molecule has 2 aromatic heterocycles. The fraction of sp³-hybridized carbons (Fsp3) is 0.529. The summed E-state index contributed by atoms with van der Waals surface area (Å²) in [5.74, 6) is 0.581. The predicted molar refractivity (Wildman–Crippen MR) is 88.5 cm³/mol. The third-order valence-corrected chi connectivity index (χ3v) is 5.87. The number of fused-ring (bicyclic) bond motifs is 1. The van der Waals surface area contributed by atoms with E-state index in [0.29, 0.717) is 12.3 Å². The molecular weight excluding hydrogens is 310 g/mol. The normalized spacial score (nSPS) is 24.4. The summed E-state index contributed by atoms with van der Waals surface area (Å²) in [5, 5.41) is 9.18. The van der Waals surface area contributed by atoms with Crippen molar-refractivity contribution in [3.8, 4) is 0 Å². The smallest absolute Gasteiger partial charge is 0.225 e. The van der Waals surface area contributed by atoms with Gasteiger partial charge in [0.1, 0.15) is 0 Å². The Balaban J connectivity index is 1.42. The van der Waals surface area contributed by atoms with E-state index in [9.17, 15) is 4.79 Å². The van der Waals surface area contributed by atoms with E-state index >= 15 is 0 Å². The molecule has 2 aromatic rings. The fourth-order valence-corrected chi connectivity index (χ4v) is 4.55. The maximum atomic E-state index is 12.7. The van der Waals surface area contributed by atoms with E-state index in [0.717, 1.165) is 44.7 Å². The molecule has 5 nitrogen and oxygen atoms in total. The van der Waals surface area contributed by atoms with E-state index in [1.807, 2.05) is 11.0 Å². The highest BCUT2D eigenvalue weighted by Gasteiger charge is 2.29. The Morgan fingerprint density at radius 3 is 3.30 bits per heavy atom. The molecular formula is C17H21N3O2S. The Bertz CT molecular complexity index is 667. The van der Waals surface area contributed by atoms with Crippen LogP contribution in [0.25, 0.3) is 0 Å². The largest absolute Gasteiger partial charge is 0.373 e. The van der Waals surface area contributed by atoms with E-state index in [2.05, 4.69) is 21.6 Å². The zero-order chi connectivity index (χ0) is 15.6. The number of aromatic amines is 1. The van der Waals surface area contributed by atoms with Crippen LogP contribution in [0.5, 0.6) is 0 Å². The van der Waals surface area contributed by atoms with Gasteiger partial charge in [-0.25, -0.2) is 0 Å². The number of carbonyl (C=O) groups excluding carboxylic acids is 1. The second-order valence-corrected chi connectivity index (χ2v) is 7.30. The molecule has 0 aliphatic carbocycles.